The van der Waals surface area contributed by atoms with Crippen molar-refractivity contribution < 1.29 is 28.7 Å². The Labute approximate surface area is 161 Å². The van der Waals surface area contributed by atoms with E-state index in [0.717, 1.165) is 0 Å². The van der Waals surface area contributed by atoms with E-state index in [1.54, 1.807) is 24.3 Å². The first kappa shape index (κ1) is 15.6. The van der Waals surface area contributed by atoms with Crippen molar-refractivity contribution in [3.05, 3.63) is 48.1 Å². The number of imide groups is 1. The Morgan fingerprint density at radius 2 is 1.54 bits per heavy atom. The average Bonchev–Trinajstić information content (AvgIpc) is 3.21. The molecule has 1 aliphatic heterocycles. The number of aromatic hydroxyl groups is 1. The van der Waals surface area contributed by atoms with Gasteiger partial charge >= 0.3 is 5.97 Å². The summed E-state index contributed by atoms with van der Waals surface area (Å²) >= 11 is 3.72. The van der Waals surface area contributed by atoms with Crippen LogP contribution in [-0.2, 0) is 4.84 Å². The number of phenols is 1. The number of amides is 2. The second kappa shape index (κ2) is 5.31. The largest absolute Gasteiger partial charge is 0.506 e. The lowest BCUT2D eigenvalue weighted by Crippen LogP contribution is -2.33. The molecule has 0 radical (unpaired) electrons. The molecule has 0 saturated carbocycles. The zero-order valence-electron chi connectivity index (χ0n) is 11.5. The zero-order chi connectivity index (χ0) is 17.2. The number of hydrogen-bond acceptors (Lipinski definition) is 6. The van der Waals surface area contributed by atoms with Crippen molar-refractivity contribution in [1.82, 2.24) is 5.06 Å². The van der Waals surface area contributed by atoms with Crippen LogP contribution in [-0.4, -0.2) is 28.0 Å². The SMILES string of the molecule is O=C(ON1C(=O)c2c(c3ccc2o3)C1=O)c1c(I)ccc(I)c1O. The lowest BCUT2D eigenvalue weighted by molar-refractivity contribution is -0.0587. The van der Waals surface area contributed by atoms with E-state index in [0.29, 0.717) is 12.2 Å². The van der Waals surface area contributed by atoms with Gasteiger partial charge in [0.25, 0.3) is 11.8 Å². The summed E-state index contributed by atoms with van der Waals surface area (Å²) in [7, 11) is 0. The number of phenolic OH excluding ortho intramolecular Hbond substituents is 1. The molecule has 2 aromatic heterocycles. The molecule has 3 aromatic rings. The second-order valence-electron chi connectivity index (χ2n) is 4.95. The fourth-order valence-corrected chi connectivity index (χ4v) is 3.62. The summed E-state index contributed by atoms with van der Waals surface area (Å²) in [6, 6.07) is 6.39. The summed E-state index contributed by atoms with van der Waals surface area (Å²) in [4.78, 5) is 42.0. The Bertz CT molecular complexity index is 995. The molecule has 9 heteroatoms. The third-order valence-corrected chi connectivity index (χ3v) is 5.37. The highest BCUT2D eigenvalue weighted by atomic mass is 127. The molecule has 0 spiro atoms. The number of fused-ring (bicyclic) bond motifs is 5. The van der Waals surface area contributed by atoms with Crippen LogP contribution >= 0.6 is 45.2 Å². The smallest absolute Gasteiger partial charge is 0.368 e. The summed E-state index contributed by atoms with van der Waals surface area (Å²) in [5, 5.41) is 10.5. The van der Waals surface area contributed by atoms with Gasteiger partial charge in [0.1, 0.15) is 33.6 Å². The average molecular weight is 549 g/mol. The Balaban J connectivity index is 1.69. The van der Waals surface area contributed by atoms with Crippen molar-refractivity contribution in [2.45, 2.75) is 0 Å². The maximum atomic E-state index is 12.4. The fourth-order valence-electron chi connectivity index (χ4n) is 2.52. The normalized spacial score (nSPS) is 13.8. The third kappa shape index (κ3) is 2.03. The molecule has 0 saturated heterocycles. The van der Waals surface area contributed by atoms with E-state index in [-0.39, 0.29) is 33.6 Å². The van der Waals surface area contributed by atoms with Gasteiger partial charge in [-0.05, 0) is 69.4 Å². The second-order valence-corrected chi connectivity index (χ2v) is 7.27. The highest BCUT2D eigenvalue weighted by molar-refractivity contribution is 14.1. The van der Waals surface area contributed by atoms with Crippen molar-refractivity contribution in [2.24, 2.45) is 0 Å². The van der Waals surface area contributed by atoms with Crippen molar-refractivity contribution in [3.8, 4) is 5.75 Å². The number of furan rings is 2. The van der Waals surface area contributed by atoms with Crippen molar-refractivity contribution in [1.29, 1.82) is 0 Å². The molecule has 0 unspecified atom stereocenters. The monoisotopic (exact) mass is 549 g/mol. The van der Waals surface area contributed by atoms with E-state index >= 15 is 0 Å². The first-order valence-corrected chi connectivity index (χ1v) is 8.68. The highest BCUT2D eigenvalue weighted by Crippen LogP contribution is 2.36. The molecule has 2 amide bonds. The van der Waals surface area contributed by atoms with Crippen LogP contribution in [0, 0.1) is 7.14 Å². The number of carbonyl (C=O) groups is 3. The van der Waals surface area contributed by atoms with Gasteiger partial charge in [-0.3, -0.25) is 9.59 Å². The molecule has 1 aromatic carbocycles. The Morgan fingerprint density at radius 3 is 2.12 bits per heavy atom. The van der Waals surface area contributed by atoms with Gasteiger partial charge in [-0.25, -0.2) is 4.79 Å². The number of hydroxylamine groups is 2. The molecule has 24 heavy (non-hydrogen) atoms. The van der Waals surface area contributed by atoms with Crippen LogP contribution < -0.4 is 0 Å². The molecule has 0 fully saturated rings. The summed E-state index contributed by atoms with van der Waals surface area (Å²) in [6.07, 6.45) is 0. The minimum absolute atomic E-state index is 0.0897. The van der Waals surface area contributed by atoms with Crippen LogP contribution in [0.3, 0.4) is 0 Å². The maximum Gasteiger partial charge on any atom is 0.368 e. The summed E-state index contributed by atoms with van der Waals surface area (Å²) in [5.74, 6) is -2.79. The number of hydrogen-bond donors (Lipinski definition) is 1. The summed E-state index contributed by atoms with van der Waals surface area (Å²) in [5.41, 5.74) is 0.610. The number of rotatable bonds is 2. The maximum absolute atomic E-state index is 12.4. The van der Waals surface area contributed by atoms with Gasteiger partial charge in [-0.2, -0.15) is 0 Å². The molecular weight excluding hydrogens is 544 g/mol. The quantitative estimate of drug-likeness (QED) is 0.390. The van der Waals surface area contributed by atoms with Gasteiger partial charge in [-0.1, -0.05) is 5.06 Å². The van der Waals surface area contributed by atoms with Crippen molar-refractivity contribution >= 4 is 74.1 Å². The summed E-state index contributed by atoms with van der Waals surface area (Å²) in [6.45, 7) is 0. The summed E-state index contributed by atoms with van der Waals surface area (Å²) < 4.78 is 6.15. The van der Waals surface area contributed by atoms with E-state index in [1.807, 2.05) is 45.2 Å². The van der Waals surface area contributed by atoms with E-state index in [1.165, 1.54) is 0 Å². The van der Waals surface area contributed by atoms with E-state index in [4.69, 9.17) is 9.25 Å². The number of nitrogens with zero attached hydrogens (tertiary/aromatic N) is 1. The van der Waals surface area contributed by atoms with Gasteiger partial charge in [0, 0.05) is 3.57 Å². The van der Waals surface area contributed by atoms with Gasteiger partial charge in [-0.15, -0.1) is 0 Å². The first-order chi connectivity index (χ1) is 11.4. The number of benzene rings is 2. The van der Waals surface area contributed by atoms with Crippen molar-refractivity contribution in [3.63, 3.8) is 0 Å². The molecule has 0 aliphatic carbocycles. The van der Waals surface area contributed by atoms with E-state index in [9.17, 15) is 19.5 Å². The van der Waals surface area contributed by atoms with Crippen LogP contribution in [0.5, 0.6) is 5.75 Å². The van der Waals surface area contributed by atoms with Gasteiger partial charge < -0.3 is 14.4 Å². The van der Waals surface area contributed by atoms with Crippen LogP contribution in [0.15, 0.2) is 28.7 Å². The molecule has 0 atom stereocenters. The number of halogens is 2. The van der Waals surface area contributed by atoms with Crippen LogP contribution in [0.1, 0.15) is 31.1 Å². The molecule has 1 aliphatic rings. The lowest BCUT2D eigenvalue weighted by Gasteiger charge is -2.14. The zero-order valence-corrected chi connectivity index (χ0v) is 15.8. The topological polar surface area (TPSA) is 97.0 Å². The minimum Gasteiger partial charge on any atom is -0.506 e. The predicted molar refractivity (Wildman–Crippen MR) is 96.9 cm³/mol. The molecular formula is C15H5I2NO6. The van der Waals surface area contributed by atoms with E-state index in [2.05, 4.69) is 0 Å². The first-order valence-electron chi connectivity index (χ1n) is 6.53. The molecule has 120 valence electrons. The minimum atomic E-state index is -0.991. The van der Waals surface area contributed by atoms with Gasteiger partial charge in [0.15, 0.2) is 0 Å². The highest BCUT2D eigenvalue weighted by Gasteiger charge is 2.45. The lowest BCUT2D eigenvalue weighted by atomic mass is 10.1. The van der Waals surface area contributed by atoms with Crippen LogP contribution in [0.2, 0.25) is 0 Å². The van der Waals surface area contributed by atoms with Gasteiger partial charge in [0.05, 0.1) is 3.57 Å². The van der Waals surface area contributed by atoms with Crippen LogP contribution in [0.4, 0.5) is 0 Å². The Hall–Kier alpha value is -1.89. The fraction of sp³-hybridized carbons (Fsp3) is 0. The van der Waals surface area contributed by atoms with Gasteiger partial charge in [0.2, 0.25) is 0 Å². The number of carbonyl (C=O) groups excluding carboxylic acids is 3. The standard InChI is InChI=1S/C15H5I2NO6/c16-5-1-2-6(17)12(19)9(5)15(22)24-18-13(20)10-7-3-4-8(23-7)11(10)14(18)21/h1-4,19H. The Morgan fingerprint density at radius 1 is 1.00 bits per heavy atom. The molecule has 3 heterocycles. The molecule has 2 bridgehead atoms. The van der Waals surface area contributed by atoms with E-state index < -0.39 is 17.8 Å². The molecule has 7 nitrogen and oxygen atoms in total. The van der Waals surface area contributed by atoms with Crippen LogP contribution in [0.25, 0.3) is 11.2 Å². The third-order valence-electron chi connectivity index (χ3n) is 3.60. The molecule has 1 N–H and O–H groups in total. The Kier molecular flexibility index (Phi) is 3.46. The van der Waals surface area contributed by atoms with Crippen molar-refractivity contribution in [2.75, 3.05) is 0 Å². The molecule has 4 rings (SSSR count). The predicted octanol–water partition coefficient (Wildman–Crippen LogP) is 3.15.